The Bertz CT molecular complexity index is 599. The third-order valence-electron chi connectivity index (χ3n) is 3.65. The maximum atomic E-state index is 12.5. The molecule has 0 aliphatic rings. The summed E-state index contributed by atoms with van der Waals surface area (Å²) in [6, 6.07) is 0.423. The fourth-order valence-corrected chi connectivity index (χ4v) is 1.98. The molecular formula is C13H20N4O. The Kier molecular flexibility index (Phi) is 3.50. The van der Waals surface area contributed by atoms with Crippen molar-refractivity contribution in [2.24, 2.45) is 0 Å². The van der Waals surface area contributed by atoms with E-state index in [1.54, 1.807) is 17.2 Å². The van der Waals surface area contributed by atoms with Gasteiger partial charge in [-0.3, -0.25) is 9.36 Å². The predicted molar refractivity (Wildman–Crippen MR) is 71.8 cm³/mol. The van der Waals surface area contributed by atoms with E-state index in [-0.39, 0.29) is 17.6 Å². The molecule has 0 N–H and O–H groups in total. The molecule has 0 bridgehead atoms. The minimum Gasteiger partial charge on any atom is -0.322 e. The summed E-state index contributed by atoms with van der Waals surface area (Å²) in [6.45, 7) is 8.27. The third kappa shape index (κ3) is 1.94. The van der Waals surface area contributed by atoms with Gasteiger partial charge in [0, 0.05) is 12.1 Å². The van der Waals surface area contributed by atoms with Crippen LogP contribution in [0.25, 0.3) is 11.2 Å². The third-order valence-corrected chi connectivity index (χ3v) is 3.65. The van der Waals surface area contributed by atoms with Gasteiger partial charge in [-0.05, 0) is 26.7 Å². The van der Waals surface area contributed by atoms with Gasteiger partial charge in [0.05, 0.1) is 6.33 Å². The number of nitrogens with zero attached hydrogens (tertiary/aromatic N) is 4. The summed E-state index contributed by atoms with van der Waals surface area (Å²) in [5.41, 5.74) is 1.17. The fourth-order valence-electron chi connectivity index (χ4n) is 1.98. The van der Waals surface area contributed by atoms with E-state index in [0.717, 1.165) is 12.8 Å². The van der Waals surface area contributed by atoms with Crippen LogP contribution < -0.4 is 5.56 Å². The molecule has 0 radical (unpaired) electrons. The standard InChI is InChI=1S/C13H20N4O/c1-5-9(3)16-7-14-12-11(16)13(18)17(8-15-12)10(4)6-2/h7-10H,5-6H2,1-4H3. The molecular weight excluding hydrogens is 228 g/mol. The number of fused-ring (bicyclic) bond motifs is 1. The van der Waals surface area contributed by atoms with Crippen LogP contribution in [0.15, 0.2) is 17.4 Å². The van der Waals surface area contributed by atoms with Crippen molar-refractivity contribution in [2.45, 2.75) is 52.6 Å². The summed E-state index contributed by atoms with van der Waals surface area (Å²) in [6.07, 6.45) is 5.19. The van der Waals surface area contributed by atoms with E-state index in [0.29, 0.717) is 11.2 Å². The van der Waals surface area contributed by atoms with Crippen molar-refractivity contribution in [1.29, 1.82) is 0 Å². The monoisotopic (exact) mass is 248 g/mol. The molecule has 2 rings (SSSR count). The maximum Gasteiger partial charge on any atom is 0.279 e. The highest BCUT2D eigenvalue weighted by atomic mass is 16.1. The van der Waals surface area contributed by atoms with E-state index in [4.69, 9.17) is 0 Å². The fraction of sp³-hybridized carbons (Fsp3) is 0.615. The molecule has 2 aromatic rings. The van der Waals surface area contributed by atoms with E-state index >= 15 is 0 Å². The molecule has 0 saturated heterocycles. The molecule has 2 unspecified atom stereocenters. The van der Waals surface area contributed by atoms with E-state index in [9.17, 15) is 4.79 Å². The quantitative estimate of drug-likeness (QED) is 0.835. The van der Waals surface area contributed by atoms with Crippen LogP contribution in [-0.4, -0.2) is 19.1 Å². The lowest BCUT2D eigenvalue weighted by Crippen LogP contribution is -2.25. The first kappa shape index (κ1) is 12.8. The second-order valence-electron chi connectivity index (χ2n) is 4.80. The molecule has 2 aromatic heterocycles. The van der Waals surface area contributed by atoms with Gasteiger partial charge in [0.15, 0.2) is 11.2 Å². The zero-order valence-corrected chi connectivity index (χ0v) is 11.4. The van der Waals surface area contributed by atoms with Gasteiger partial charge in [-0.15, -0.1) is 0 Å². The molecule has 2 atom stereocenters. The van der Waals surface area contributed by atoms with Crippen molar-refractivity contribution >= 4 is 11.2 Å². The maximum absolute atomic E-state index is 12.5. The molecule has 0 spiro atoms. The molecule has 18 heavy (non-hydrogen) atoms. The van der Waals surface area contributed by atoms with Gasteiger partial charge in [0.1, 0.15) is 6.33 Å². The van der Waals surface area contributed by atoms with Crippen molar-refractivity contribution in [3.05, 3.63) is 23.0 Å². The van der Waals surface area contributed by atoms with Crippen molar-refractivity contribution in [2.75, 3.05) is 0 Å². The van der Waals surface area contributed by atoms with Gasteiger partial charge in [0.2, 0.25) is 0 Å². The number of rotatable bonds is 4. The van der Waals surface area contributed by atoms with Crippen molar-refractivity contribution in [1.82, 2.24) is 19.1 Å². The molecule has 0 amide bonds. The Morgan fingerprint density at radius 2 is 1.56 bits per heavy atom. The minimum atomic E-state index is 0.00662. The Balaban J connectivity index is 2.68. The summed E-state index contributed by atoms with van der Waals surface area (Å²) in [5.74, 6) is 0. The normalized spacial score (nSPS) is 14.9. The molecule has 5 heteroatoms. The summed E-state index contributed by atoms with van der Waals surface area (Å²) >= 11 is 0. The molecule has 0 aliphatic carbocycles. The molecule has 5 nitrogen and oxygen atoms in total. The van der Waals surface area contributed by atoms with Gasteiger partial charge < -0.3 is 4.57 Å². The molecule has 2 heterocycles. The Morgan fingerprint density at radius 1 is 1.06 bits per heavy atom. The Labute approximate surface area is 106 Å². The van der Waals surface area contributed by atoms with Crippen LogP contribution in [0.3, 0.4) is 0 Å². The lowest BCUT2D eigenvalue weighted by atomic mass is 10.2. The number of hydrogen-bond acceptors (Lipinski definition) is 3. The van der Waals surface area contributed by atoms with E-state index in [2.05, 4.69) is 30.7 Å². The molecule has 0 saturated carbocycles. The highest BCUT2D eigenvalue weighted by Gasteiger charge is 2.15. The highest BCUT2D eigenvalue weighted by Crippen LogP contribution is 2.16. The smallest absolute Gasteiger partial charge is 0.279 e. The lowest BCUT2D eigenvalue weighted by molar-refractivity contribution is 0.503. The topological polar surface area (TPSA) is 52.7 Å². The zero-order valence-electron chi connectivity index (χ0n) is 11.4. The van der Waals surface area contributed by atoms with Gasteiger partial charge in [-0.2, -0.15) is 0 Å². The molecule has 0 aromatic carbocycles. The van der Waals surface area contributed by atoms with Gasteiger partial charge in [-0.1, -0.05) is 13.8 Å². The van der Waals surface area contributed by atoms with Crippen LogP contribution in [-0.2, 0) is 0 Å². The van der Waals surface area contributed by atoms with Gasteiger partial charge >= 0.3 is 0 Å². The van der Waals surface area contributed by atoms with Crippen LogP contribution in [0.5, 0.6) is 0 Å². The number of aromatic nitrogens is 4. The largest absolute Gasteiger partial charge is 0.322 e. The van der Waals surface area contributed by atoms with Crippen LogP contribution in [0, 0.1) is 0 Å². The summed E-state index contributed by atoms with van der Waals surface area (Å²) < 4.78 is 3.63. The average Bonchev–Trinajstić information content (AvgIpc) is 2.82. The predicted octanol–water partition coefficient (Wildman–Crippen LogP) is 2.54. The average molecular weight is 248 g/mol. The first-order valence-corrected chi connectivity index (χ1v) is 6.53. The highest BCUT2D eigenvalue weighted by molar-refractivity contribution is 5.69. The van der Waals surface area contributed by atoms with Crippen molar-refractivity contribution in [3.8, 4) is 0 Å². The molecule has 98 valence electrons. The number of hydrogen-bond donors (Lipinski definition) is 0. The van der Waals surface area contributed by atoms with E-state index in [1.807, 2.05) is 11.5 Å². The van der Waals surface area contributed by atoms with Crippen LogP contribution >= 0.6 is 0 Å². The van der Waals surface area contributed by atoms with Gasteiger partial charge in [0.25, 0.3) is 5.56 Å². The lowest BCUT2D eigenvalue weighted by Gasteiger charge is -2.14. The minimum absolute atomic E-state index is 0.00662. The van der Waals surface area contributed by atoms with Crippen LogP contribution in [0.4, 0.5) is 0 Å². The Morgan fingerprint density at radius 3 is 2.11 bits per heavy atom. The van der Waals surface area contributed by atoms with Crippen LogP contribution in [0.2, 0.25) is 0 Å². The SMILES string of the molecule is CCC(C)n1cnc2ncn(C(C)CC)c2c1=O. The first-order chi connectivity index (χ1) is 8.60. The second kappa shape index (κ2) is 4.92. The second-order valence-corrected chi connectivity index (χ2v) is 4.80. The van der Waals surface area contributed by atoms with Gasteiger partial charge in [-0.25, -0.2) is 9.97 Å². The first-order valence-electron chi connectivity index (χ1n) is 6.53. The summed E-state index contributed by atoms with van der Waals surface area (Å²) in [4.78, 5) is 21.0. The molecule has 0 aliphatic heterocycles. The van der Waals surface area contributed by atoms with Crippen LogP contribution in [0.1, 0.15) is 52.6 Å². The summed E-state index contributed by atoms with van der Waals surface area (Å²) in [5, 5.41) is 0. The molecule has 0 fully saturated rings. The van der Waals surface area contributed by atoms with Crippen molar-refractivity contribution in [3.63, 3.8) is 0 Å². The Hall–Kier alpha value is -1.65. The van der Waals surface area contributed by atoms with E-state index in [1.165, 1.54) is 0 Å². The number of imidazole rings is 1. The van der Waals surface area contributed by atoms with Crippen molar-refractivity contribution < 1.29 is 0 Å². The summed E-state index contributed by atoms with van der Waals surface area (Å²) in [7, 11) is 0. The zero-order chi connectivity index (χ0) is 13.3. The van der Waals surface area contributed by atoms with E-state index < -0.39 is 0 Å².